The Bertz CT molecular complexity index is 1110. The van der Waals surface area contributed by atoms with E-state index in [4.69, 9.17) is 9.47 Å². The normalized spacial score (nSPS) is 18.9. The number of amides is 2. The molecule has 12 nitrogen and oxygen atoms in total. The van der Waals surface area contributed by atoms with E-state index in [9.17, 15) is 19.2 Å². The summed E-state index contributed by atoms with van der Waals surface area (Å²) in [7, 11) is 0. The van der Waals surface area contributed by atoms with Crippen molar-refractivity contribution in [2.24, 2.45) is 11.8 Å². The van der Waals surface area contributed by atoms with Crippen molar-refractivity contribution in [2.45, 2.75) is 52.4 Å². The number of carbonyl (C=O) groups excluding carboxylic acids is 4. The van der Waals surface area contributed by atoms with Crippen LogP contribution in [-0.2, 0) is 28.7 Å². The summed E-state index contributed by atoms with van der Waals surface area (Å²) in [6.45, 7) is 11.5. The fourth-order valence-corrected chi connectivity index (χ4v) is 6.27. The van der Waals surface area contributed by atoms with Crippen molar-refractivity contribution in [1.29, 1.82) is 0 Å². The number of rotatable bonds is 13. The van der Waals surface area contributed by atoms with Gasteiger partial charge >= 0.3 is 11.9 Å². The van der Waals surface area contributed by atoms with Crippen LogP contribution in [0.25, 0.3) is 0 Å². The van der Waals surface area contributed by atoms with E-state index in [0.717, 1.165) is 83.7 Å². The number of benzene rings is 1. The number of piperidine rings is 2. The Morgan fingerprint density at radius 2 is 1.20 bits per heavy atom. The summed E-state index contributed by atoms with van der Waals surface area (Å²) >= 11 is 0. The minimum absolute atomic E-state index is 0.0734. The Kier molecular flexibility index (Phi) is 13.2. The van der Waals surface area contributed by atoms with E-state index < -0.39 is 0 Å². The van der Waals surface area contributed by atoms with E-state index >= 15 is 0 Å². The third kappa shape index (κ3) is 10.7. The molecule has 0 aliphatic carbocycles. The summed E-state index contributed by atoms with van der Waals surface area (Å²) in [6, 6.07) is 5.86. The Labute approximate surface area is 261 Å². The molecule has 12 heteroatoms. The number of nitrogens with zero attached hydrogens (tertiary/aromatic N) is 3. The second-order valence-corrected chi connectivity index (χ2v) is 12.0. The van der Waals surface area contributed by atoms with Crippen molar-refractivity contribution in [2.75, 3.05) is 94.2 Å². The highest BCUT2D eigenvalue weighted by Gasteiger charge is 2.26. The van der Waals surface area contributed by atoms with Crippen molar-refractivity contribution >= 4 is 40.8 Å². The van der Waals surface area contributed by atoms with Crippen LogP contribution in [0.2, 0.25) is 0 Å². The number of esters is 2. The highest BCUT2D eigenvalue weighted by Crippen LogP contribution is 2.30. The molecule has 0 atom stereocenters. The first-order valence-corrected chi connectivity index (χ1v) is 16.3. The molecule has 3 saturated heterocycles. The molecule has 0 aromatic heterocycles. The standard InChI is InChI=1S/C32H50N6O6/c1-3-43-31(41)22-36-13-7-24(8-14-36)19-29(39)34-27-6-5-26(38-17-11-33-12-18-38)21-28(27)35-30(40)20-25-9-15-37(16-10-25)23-32(42)44-4-2/h5-6,21,24-25,33H,3-4,7-20,22-23H2,1-2H3,(H,34,39)(H,35,40). The van der Waals surface area contributed by atoms with Gasteiger partial charge in [-0.05, 0) is 95.7 Å². The lowest BCUT2D eigenvalue weighted by Crippen LogP contribution is -2.43. The highest BCUT2D eigenvalue weighted by atomic mass is 16.5. The fraction of sp³-hybridized carbons (Fsp3) is 0.688. The van der Waals surface area contributed by atoms with Gasteiger partial charge in [-0.1, -0.05) is 0 Å². The minimum atomic E-state index is -0.206. The average molecular weight is 615 g/mol. The number of hydrogen-bond donors (Lipinski definition) is 3. The molecule has 3 aliphatic rings. The van der Waals surface area contributed by atoms with Gasteiger partial charge in [-0.25, -0.2) is 0 Å². The smallest absolute Gasteiger partial charge is 0.320 e. The first kappa shape index (κ1) is 33.7. The predicted octanol–water partition coefficient (Wildman–Crippen LogP) is 2.30. The van der Waals surface area contributed by atoms with Crippen LogP contribution in [0, 0.1) is 11.8 Å². The molecule has 0 unspecified atom stereocenters. The molecular weight excluding hydrogens is 564 g/mol. The van der Waals surface area contributed by atoms with Gasteiger partial charge in [-0.2, -0.15) is 0 Å². The topological polar surface area (TPSA) is 133 Å². The molecule has 0 spiro atoms. The third-order valence-corrected chi connectivity index (χ3v) is 8.71. The van der Waals surface area contributed by atoms with Crippen molar-refractivity contribution in [3.05, 3.63) is 18.2 Å². The van der Waals surface area contributed by atoms with Crippen molar-refractivity contribution < 1.29 is 28.7 Å². The number of nitrogens with one attached hydrogen (secondary N) is 3. The fourth-order valence-electron chi connectivity index (χ4n) is 6.27. The summed E-state index contributed by atoms with van der Waals surface area (Å²) in [5, 5.41) is 9.54. The lowest BCUT2D eigenvalue weighted by molar-refractivity contribution is -0.145. The number of anilines is 3. The van der Waals surface area contributed by atoms with E-state index in [2.05, 4.69) is 30.7 Å². The largest absolute Gasteiger partial charge is 0.465 e. The molecule has 3 aliphatic heterocycles. The van der Waals surface area contributed by atoms with Gasteiger partial charge in [0.15, 0.2) is 0 Å². The molecule has 244 valence electrons. The van der Waals surface area contributed by atoms with Gasteiger partial charge in [-0.15, -0.1) is 0 Å². The molecule has 2 amide bonds. The van der Waals surface area contributed by atoms with E-state index in [1.165, 1.54) is 0 Å². The maximum atomic E-state index is 13.2. The summed E-state index contributed by atoms with van der Waals surface area (Å²) < 4.78 is 10.1. The van der Waals surface area contributed by atoms with Crippen molar-refractivity contribution in [3.8, 4) is 0 Å². The maximum Gasteiger partial charge on any atom is 0.320 e. The monoisotopic (exact) mass is 614 g/mol. The summed E-state index contributed by atoms with van der Waals surface area (Å²) in [4.78, 5) is 56.5. The van der Waals surface area contributed by atoms with Crippen LogP contribution in [0.4, 0.5) is 17.1 Å². The maximum absolute atomic E-state index is 13.2. The lowest BCUT2D eigenvalue weighted by Gasteiger charge is -2.31. The Hall–Kier alpha value is -3.22. The van der Waals surface area contributed by atoms with Gasteiger partial charge in [0.1, 0.15) is 0 Å². The van der Waals surface area contributed by atoms with Gasteiger partial charge in [-0.3, -0.25) is 29.0 Å². The van der Waals surface area contributed by atoms with Crippen LogP contribution < -0.4 is 20.9 Å². The quantitative estimate of drug-likeness (QED) is 0.285. The van der Waals surface area contributed by atoms with Gasteiger partial charge < -0.3 is 30.3 Å². The van der Waals surface area contributed by atoms with Crippen LogP contribution >= 0.6 is 0 Å². The van der Waals surface area contributed by atoms with Gasteiger partial charge in [0.2, 0.25) is 11.8 Å². The summed E-state index contributed by atoms with van der Waals surface area (Å²) in [5.41, 5.74) is 2.23. The molecule has 0 bridgehead atoms. The molecular formula is C32H50N6O6. The number of piperazine rings is 1. The second-order valence-electron chi connectivity index (χ2n) is 12.0. The zero-order valence-electron chi connectivity index (χ0n) is 26.4. The molecule has 0 radical (unpaired) electrons. The molecule has 3 N–H and O–H groups in total. The Morgan fingerprint density at radius 3 is 1.68 bits per heavy atom. The molecule has 1 aromatic rings. The second kappa shape index (κ2) is 17.3. The molecule has 3 heterocycles. The first-order valence-electron chi connectivity index (χ1n) is 16.3. The van der Waals surface area contributed by atoms with E-state index in [0.29, 0.717) is 50.5 Å². The molecule has 44 heavy (non-hydrogen) atoms. The van der Waals surface area contributed by atoms with Gasteiger partial charge in [0.25, 0.3) is 0 Å². The molecule has 4 rings (SSSR count). The lowest BCUT2D eigenvalue weighted by atomic mass is 9.93. The van der Waals surface area contributed by atoms with Crippen LogP contribution in [0.5, 0.6) is 0 Å². The first-order chi connectivity index (χ1) is 21.3. The zero-order valence-corrected chi connectivity index (χ0v) is 26.4. The van der Waals surface area contributed by atoms with Crippen LogP contribution in [-0.4, -0.2) is 112 Å². The van der Waals surface area contributed by atoms with Crippen molar-refractivity contribution in [3.63, 3.8) is 0 Å². The van der Waals surface area contributed by atoms with Crippen LogP contribution in [0.1, 0.15) is 52.4 Å². The molecule has 3 fully saturated rings. The molecule has 0 saturated carbocycles. The summed E-state index contributed by atoms with van der Waals surface area (Å²) in [6.07, 6.45) is 4.16. The SMILES string of the molecule is CCOC(=O)CN1CCC(CC(=O)Nc2ccc(N3CCNCC3)cc2NC(=O)CC2CCN(CC(=O)OCC)CC2)CC1. The highest BCUT2D eigenvalue weighted by molar-refractivity contribution is 6.00. The van der Waals surface area contributed by atoms with Crippen LogP contribution in [0.15, 0.2) is 18.2 Å². The minimum Gasteiger partial charge on any atom is -0.465 e. The zero-order chi connectivity index (χ0) is 31.3. The third-order valence-electron chi connectivity index (χ3n) is 8.71. The average Bonchev–Trinajstić information content (AvgIpc) is 3.00. The van der Waals surface area contributed by atoms with E-state index in [1.54, 1.807) is 13.8 Å². The van der Waals surface area contributed by atoms with Gasteiger partial charge in [0, 0.05) is 44.7 Å². The number of ether oxygens (including phenoxy) is 2. The van der Waals surface area contributed by atoms with Gasteiger partial charge in [0.05, 0.1) is 37.7 Å². The number of likely N-dealkylation sites (tertiary alicyclic amines) is 2. The van der Waals surface area contributed by atoms with Crippen LogP contribution in [0.3, 0.4) is 0 Å². The predicted molar refractivity (Wildman–Crippen MR) is 170 cm³/mol. The number of carbonyl (C=O) groups is 4. The van der Waals surface area contributed by atoms with E-state index in [1.807, 2.05) is 18.2 Å². The van der Waals surface area contributed by atoms with Crippen molar-refractivity contribution in [1.82, 2.24) is 15.1 Å². The Morgan fingerprint density at radius 1 is 0.727 bits per heavy atom. The number of hydrogen-bond acceptors (Lipinski definition) is 10. The van der Waals surface area contributed by atoms with E-state index in [-0.39, 0.29) is 35.6 Å². The Balaban J connectivity index is 1.32. The molecule has 1 aromatic carbocycles. The summed E-state index contributed by atoms with van der Waals surface area (Å²) in [5.74, 6) is -0.0908.